The molecule has 0 spiro atoms. The highest BCUT2D eigenvalue weighted by Gasteiger charge is 2.26. The molecule has 1 saturated heterocycles. The standard InChI is InChI=1S/C18H26N2O3/c1-3-23-17(21)13-19-18(22)20-12-6-4-5-7-16(20)15-10-8-14(2)9-11-15/h8-11,16H,3-7,12-13H2,1-2H3,(H,19,22)/t16-/m1/s1. The number of hydrogen-bond acceptors (Lipinski definition) is 3. The molecule has 1 aromatic carbocycles. The minimum absolute atomic E-state index is 0.0697. The highest BCUT2D eigenvalue weighted by Crippen LogP contribution is 2.30. The Kier molecular flexibility index (Phi) is 6.44. The molecule has 2 rings (SSSR count). The lowest BCUT2D eigenvalue weighted by molar-refractivity contribution is -0.141. The van der Waals surface area contributed by atoms with Gasteiger partial charge in [-0.1, -0.05) is 42.7 Å². The van der Waals surface area contributed by atoms with E-state index in [1.54, 1.807) is 6.92 Å². The predicted molar refractivity (Wildman–Crippen MR) is 89.1 cm³/mol. The third kappa shape index (κ3) is 4.98. The monoisotopic (exact) mass is 318 g/mol. The second-order valence-corrected chi connectivity index (χ2v) is 5.93. The molecule has 1 heterocycles. The first-order valence-electron chi connectivity index (χ1n) is 8.38. The van der Waals surface area contributed by atoms with Gasteiger partial charge >= 0.3 is 12.0 Å². The fraction of sp³-hybridized carbons (Fsp3) is 0.556. The first-order chi connectivity index (χ1) is 11.1. The highest BCUT2D eigenvalue weighted by atomic mass is 16.5. The topological polar surface area (TPSA) is 58.6 Å². The molecule has 1 N–H and O–H groups in total. The van der Waals surface area contributed by atoms with Crippen molar-refractivity contribution in [1.29, 1.82) is 0 Å². The average Bonchev–Trinajstić information content (AvgIpc) is 2.79. The van der Waals surface area contributed by atoms with Crippen molar-refractivity contribution >= 4 is 12.0 Å². The second kappa shape index (κ2) is 8.56. The van der Waals surface area contributed by atoms with Gasteiger partial charge in [0.1, 0.15) is 6.54 Å². The van der Waals surface area contributed by atoms with E-state index in [1.165, 1.54) is 5.56 Å². The summed E-state index contributed by atoms with van der Waals surface area (Å²) in [7, 11) is 0. The Balaban J connectivity index is 2.06. The van der Waals surface area contributed by atoms with Gasteiger partial charge in [-0.3, -0.25) is 4.79 Å². The van der Waals surface area contributed by atoms with Gasteiger partial charge in [0.2, 0.25) is 0 Å². The molecule has 0 bridgehead atoms. The quantitative estimate of drug-likeness (QED) is 0.867. The van der Waals surface area contributed by atoms with Gasteiger partial charge in [0, 0.05) is 6.54 Å². The maximum Gasteiger partial charge on any atom is 0.325 e. The Morgan fingerprint density at radius 3 is 2.65 bits per heavy atom. The summed E-state index contributed by atoms with van der Waals surface area (Å²) in [5.41, 5.74) is 2.37. The molecule has 0 aliphatic carbocycles. The number of rotatable bonds is 4. The molecule has 2 amide bonds. The van der Waals surface area contributed by atoms with Crippen LogP contribution in [0.4, 0.5) is 4.79 Å². The van der Waals surface area contributed by atoms with Gasteiger partial charge in [-0.2, -0.15) is 0 Å². The van der Waals surface area contributed by atoms with E-state index < -0.39 is 5.97 Å². The number of nitrogens with zero attached hydrogens (tertiary/aromatic N) is 1. The van der Waals surface area contributed by atoms with Crippen LogP contribution in [-0.4, -0.2) is 36.6 Å². The normalized spacial score (nSPS) is 18.2. The Morgan fingerprint density at radius 2 is 1.96 bits per heavy atom. The number of ether oxygens (including phenoxy) is 1. The summed E-state index contributed by atoms with van der Waals surface area (Å²) < 4.78 is 4.86. The lowest BCUT2D eigenvalue weighted by Crippen LogP contribution is -2.44. The maximum absolute atomic E-state index is 12.5. The summed E-state index contributed by atoms with van der Waals surface area (Å²) in [6.07, 6.45) is 4.19. The van der Waals surface area contributed by atoms with Crippen molar-refractivity contribution in [3.8, 4) is 0 Å². The molecule has 126 valence electrons. The summed E-state index contributed by atoms with van der Waals surface area (Å²) in [5, 5.41) is 2.69. The van der Waals surface area contributed by atoms with Crippen molar-refractivity contribution in [2.24, 2.45) is 0 Å². The zero-order valence-corrected chi connectivity index (χ0v) is 14.0. The molecule has 5 nitrogen and oxygen atoms in total. The molecule has 23 heavy (non-hydrogen) atoms. The molecule has 0 saturated carbocycles. The third-order valence-electron chi connectivity index (χ3n) is 4.17. The fourth-order valence-electron chi connectivity index (χ4n) is 2.95. The van der Waals surface area contributed by atoms with Crippen molar-refractivity contribution in [2.75, 3.05) is 19.7 Å². The first kappa shape index (κ1) is 17.3. The van der Waals surface area contributed by atoms with E-state index in [0.717, 1.165) is 31.2 Å². The van der Waals surface area contributed by atoms with Crippen molar-refractivity contribution < 1.29 is 14.3 Å². The molecule has 0 radical (unpaired) electrons. The van der Waals surface area contributed by atoms with Gasteiger partial charge in [-0.05, 0) is 32.3 Å². The maximum atomic E-state index is 12.5. The number of nitrogens with one attached hydrogen (secondary N) is 1. The Labute approximate surface area is 138 Å². The zero-order chi connectivity index (χ0) is 16.7. The third-order valence-corrected chi connectivity index (χ3v) is 4.17. The minimum Gasteiger partial charge on any atom is -0.465 e. The van der Waals surface area contributed by atoms with Gasteiger partial charge in [-0.15, -0.1) is 0 Å². The summed E-state index contributed by atoms with van der Waals surface area (Å²) in [6.45, 7) is 4.77. The van der Waals surface area contributed by atoms with Crippen molar-refractivity contribution in [3.63, 3.8) is 0 Å². The van der Waals surface area contributed by atoms with E-state index in [9.17, 15) is 9.59 Å². The number of likely N-dealkylation sites (tertiary alicyclic amines) is 1. The molecule has 1 aliphatic rings. The molecular weight excluding hydrogens is 292 g/mol. The molecular formula is C18H26N2O3. The van der Waals surface area contributed by atoms with Gasteiger partial charge in [0.05, 0.1) is 12.6 Å². The number of urea groups is 1. The van der Waals surface area contributed by atoms with Crippen LogP contribution in [0.25, 0.3) is 0 Å². The van der Waals surface area contributed by atoms with Gasteiger partial charge in [-0.25, -0.2) is 4.79 Å². The number of esters is 1. The largest absolute Gasteiger partial charge is 0.465 e. The molecule has 1 aliphatic heterocycles. The molecule has 0 aromatic heterocycles. The number of carbonyl (C=O) groups excluding carboxylic acids is 2. The molecule has 1 aromatic rings. The van der Waals surface area contributed by atoms with E-state index in [-0.39, 0.29) is 18.6 Å². The van der Waals surface area contributed by atoms with Crippen LogP contribution in [0, 0.1) is 6.92 Å². The second-order valence-electron chi connectivity index (χ2n) is 5.93. The number of aryl methyl sites for hydroxylation is 1. The Morgan fingerprint density at radius 1 is 1.22 bits per heavy atom. The lowest BCUT2D eigenvalue weighted by atomic mass is 10.00. The number of carbonyl (C=O) groups is 2. The Bertz CT molecular complexity index is 528. The SMILES string of the molecule is CCOC(=O)CNC(=O)N1CCCCC[C@@H]1c1ccc(C)cc1. The van der Waals surface area contributed by atoms with Crippen molar-refractivity contribution in [1.82, 2.24) is 10.2 Å². The fourth-order valence-corrected chi connectivity index (χ4v) is 2.95. The summed E-state index contributed by atoms with van der Waals surface area (Å²) in [4.78, 5) is 25.8. The van der Waals surface area contributed by atoms with Crippen molar-refractivity contribution in [3.05, 3.63) is 35.4 Å². The van der Waals surface area contributed by atoms with E-state index in [4.69, 9.17) is 4.74 Å². The first-order valence-corrected chi connectivity index (χ1v) is 8.38. The van der Waals surface area contributed by atoms with Crippen molar-refractivity contribution in [2.45, 2.75) is 45.6 Å². The van der Waals surface area contributed by atoms with Crippen LogP contribution < -0.4 is 5.32 Å². The van der Waals surface area contributed by atoms with Crippen LogP contribution in [0.15, 0.2) is 24.3 Å². The predicted octanol–water partition coefficient (Wildman–Crippen LogP) is 3.18. The Hall–Kier alpha value is -2.04. The van der Waals surface area contributed by atoms with Gasteiger partial charge < -0.3 is 15.0 Å². The smallest absolute Gasteiger partial charge is 0.325 e. The summed E-state index contributed by atoms with van der Waals surface area (Å²) in [5.74, 6) is -0.400. The molecule has 1 atom stereocenters. The molecule has 5 heteroatoms. The molecule has 1 fully saturated rings. The highest BCUT2D eigenvalue weighted by molar-refractivity contribution is 5.81. The zero-order valence-electron chi connectivity index (χ0n) is 14.0. The average molecular weight is 318 g/mol. The van der Waals surface area contributed by atoms with Crippen LogP contribution in [0.2, 0.25) is 0 Å². The van der Waals surface area contributed by atoms with Crippen LogP contribution in [0.3, 0.4) is 0 Å². The van der Waals surface area contributed by atoms with Crippen LogP contribution in [0.1, 0.15) is 49.8 Å². The lowest BCUT2D eigenvalue weighted by Gasteiger charge is -2.30. The van der Waals surface area contributed by atoms with Gasteiger partial charge in [0.25, 0.3) is 0 Å². The number of amides is 2. The van der Waals surface area contributed by atoms with E-state index in [0.29, 0.717) is 13.2 Å². The van der Waals surface area contributed by atoms with Crippen LogP contribution >= 0.6 is 0 Å². The number of hydrogen-bond donors (Lipinski definition) is 1. The van der Waals surface area contributed by atoms with Crippen LogP contribution in [0.5, 0.6) is 0 Å². The minimum atomic E-state index is -0.400. The van der Waals surface area contributed by atoms with E-state index in [1.807, 2.05) is 4.90 Å². The molecule has 0 unspecified atom stereocenters. The summed E-state index contributed by atoms with van der Waals surface area (Å²) in [6, 6.07) is 8.23. The van der Waals surface area contributed by atoms with Gasteiger partial charge in [0.15, 0.2) is 0 Å². The summed E-state index contributed by atoms with van der Waals surface area (Å²) >= 11 is 0. The van der Waals surface area contributed by atoms with Crippen LogP contribution in [-0.2, 0) is 9.53 Å². The van der Waals surface area contributed by atoms with E-state index in [2.05, 4.69) is 36.5 Å². The van der Waals surface area contributed by atoms with E-state index >= 15 is 0 Å². The number of benzene rings is 1.